The van der Waals surface area contributed by atoms with Crippen LogP contribution in [0.3, 0.4) is 0 Å². The van der Waals surface area contributed by atoms with E-state index >= 15 is 0 Å². The Bertz CT molecular complexity index is 1940. The molecule has 1 aliphatic rings. The van der Waals surface area contributed by atoms with Crippen molar-refractivity contribution in [1.82, 2.24) is 19.4 Å². The Morgan fingerprint density at radius 3 is 2.56 bits per heavy atom. The molecule has 39 heavy (non-hydrogen) atoms. The lowest BCUT2D eigenvalue weighted by atomic mass is 9.93. The lowest BCUT2D eigenvalue weighted by Crippen LogP contribution is -2.13. The van der Waals surface area contributed by atoms with E-state index in [4.69, 9.17) is 4.98 Å². The zero-order valence-corrected chi connectivity index (χ0v) is 24.5. The van der Waals surface area contributed by atoms with E-state index < -0.39 is 10.0 Å². The molecule has 0 spiro atoms. The molecule has 5 aromatic rings. The Balaban J connectivity index is 1.61. The number of aromatic amines is 1. The smallest absolute Gasteiger partial charge is 0.268 e. The highest BCUT2D eigenvalue weighted by molar-refractivity contribution is 14.1. The van der Waals surface area contributed by atoms with Crippen LogP contribution in [0.5, 0.6) is 0 Å². The molecule has 2 atom stereocenters. The number of fused-ring (bicyclic) bond motifs is 2. The van der Waals surface area contributed by atoms with E-state index in [1.54, 1.807) is 30.5 Å². The van der Waals surface area contributed by atoms with Gasteiger partial charge in [-0.2, -0.15) is 10.4 Å². The predicted molar refractivity (Wildman–Crippen MR) is 161 cm³/mol. The number of alkyl halides is 1. The Morgan fingerprint density at radius 2 is 1.87 bits per heavy atom. The highest BCUT2D eigenvalue weighted by atomic mass is 127. The monoisotopic (exact) mass is 648 g/mol. The molecule has 8 nitrogen and oxygen atoms in total. The maximum Gasteiger partial charge on any atom is 0.268 e. The van der Waals surface area contributed by atoms with Gasteiger partial charge in [-0.15, -0.1) is 0 Å². The molecule has 0 bridgehead atoms. The number of halogens is 1. The van der Waals surface area contributed by atoms with Gasteiger partial charge >= 0.3 is 0 Å². The Labute approximate surface area is 240 Å². The Morgan fingerprint density at radius 1 is 1.10 bits per heavy atom. The van der Waals surface area contributed by atoms with Crippen molar-refractivity contribution in [2.24, 2.45) is 5.10 Å². The fraction of sp³-hybridized carbons (Fsp3) is 0.207. The molecule has 0 saturated heterocycles. The van der Waals surface area contributed by atoms with Gasteiger partial charge in [-0.05, 0) is 67.8 Å². The van der Waals surface area contributed by atoms with Crippen molar-refractivity contribution in [3.8, 4) is 6.07 Å². The summed E-state index contributed by atoms with van der Waals surface area (Å²) in [6.07, 6.45) is 4.23. The average Bonchev–Trinajstić information content (AvgIpc) is 3.66. The summed E-state index contributed by atoms with van der Waals surface area (Å²) in [6, 6.07) is 16.4. The molecule has 0 saturated carbocycles. The number of nitrogens with one attached hydrogen (secondary N) is 2. The molecule has 0 radical (unpaired) electrons. The van der Waals surface area contributed by atoms with E-state index in [1.807, 2.05) is 44.3 Å². The van der Waals surface area contributed by atoms with Gasteiger partial charge < -0.3 is 10.4 Å². The first kappa shape index (κ1) is 25.6. The van der Waals surface area contributed by atoms with Crippen LogP contribution in [0, 0.1) is 32.1 Å². The summed E-state index contributed by atoms with van der Waals surface area (Å²) in [4.78, 5) is 8.47. The van der Waals surface area contributed by atoms with Gasteiger partial charge in [0.1, 0.15) is 5.82 Å². The fourth-order valence-electron chi connectivity index (χ4n) is 5.33. The molecule has 2 N–H and O–H groups in total. The van der Waals surface area contributed by atoms with Crippen molar-refractivity contribution in [3.63, 3.8) is 0 Å². The summed E-state index contributed by atoms with van der Waals surface area (Å²) in [5, 5.41) is 14.4. The van der Waals surface area contributed by atoms with Gasteiger partial charge in [0.2, 0.25) is 0 Å². The van der Waals surface area contributed by atoms with Gasteiger partial charge in [-0.1, -0.05) is 46.4 Å². The molecule has 3 aromatic carbocycles. The van der Waals surface area contributed by atoms with Crippen molar-refractivity contribution in [1.29, 1.82) is 5.26 Å². The summed E-state index contributed by atoms with van der Waals surface area (Å²) < 4.78 is 29.3. The SMILES string of the molecule is Cc1ccc(S(=O)(=O)n2cc(C3CC=NN3)c3c(C(I)c4nc5ccc(C#N)cc5[nH]4)c(C)cc(C)c32)cc1. The number of H-pyrrole nitrogens is 1. The quantitative estimate of drug-likeness (QED) is 0.177. The van der Waals surface area contributed by atoms with Crippen LogP contribution in [0.25, 0.3) is 21.9 Å². The molecule has 196 valence electrons. The minimum atomic E-state index is -3.87. The molecule has 2 aromatic heterocycles. The van der Waals surface area contributed by atoms with Gasteiger partial charge in [0, 0.05) is 29.8 Å². The first-order valence-electron chi connectivity index (χ1n) is 12.5. The van der Waals surface area contributed by atoms with Gasteiger partial charge in [0.05, 0.1) is 43.0 Å². The van der Waals surface area contributed by atoms with Crippen LogP contribution in [0.2, 0.25) is 0 Å². The van der Waals surface area contributed by atoms with Crippen molar-refractivity contribution in [2.75, 3.05) is 0 Å². The van der Waals surface area contributed by atoms with E-state index in [0.29, 0.717) is 17.5 Å². The normalized spacial score (nSPS) is 16.0. The zero-order chi connectivity index (χ0) is 27.5. The topological polar surface area (TPSA) is 116 Å². The maximum atomic E-state index is 14.0. The fourth-order valence-corrected chi connectivity index (χ4v) is 7.87. The third kappa shape index (κ3) is 4.20. The first-order valence-corrected chi connectivity index (χ1v) is 15.2. The molecule has 3 heterocycles. The number of rotatable bonds is 5. The summed E-state index contributed by atoms with van der Waals surface area (Å²) in [7, 11) is -3.87. The van der Waals surface area contributed by atoms with Gasteiger partial charge in [0.25, 0.3) is 10.0 Å². The third-order valence-electron chi connectivity index (χ3n) is 7.24. The van der Waals surface area contributed by atoms with Crippen molar-refractivity contribution in [3.05, 3.63) is 93.9 Å². The second-order valence-electron chi connectivity index (χ2n) is 9.90. The number of nitrogens with zero attached hydrogens (tertiary/aromatic N) is 4. The molecule has 0 aliphatic carbocycles. The molecule has 0 fully saturated rings. The minimum absolute atomic E-state index is 0.153. The number of hydrazone groups is 1. The first-order chi connectivity index (χ1) is 18.7. The van der Waals surface area contributed by atoms with Crippen molar-refractivity contribution in [2.45, 2.75) is 42.1 Å². The molecular formula is C29H25IN6O2S. The largest absolute Gasteiger partial charge is 0.341 e. The Hall–Kier alpha value is -3.69. The number of nitriles is 1. The highest BCUT2D eigenvalue weighted by Gasteiger charge is 2.31. The number of benzene rings is 3. The third-order valence-corrected chi connectivity index (χ3v) is 10.1. The standard InChI is InChI=1S/C29H25IN6O2S/c1-16-4-7-20(8-5-16)39(37,38)36-15-21(22-10-11-32-35-22)26-25(17(2)12-18(3)28(26)36)27(30)29-33-23-9-6-19(14-31)13-24(23)34-29/h4-9,11-13,15,22,27,35H,10H2,1-3H3,(H,33,34). The molecule has 0 amide bonds. The second kappa shape index (κ2) is 9.50. The molecular weight excluding hydrogens is 623 g/mol. The van der Waals surface area contributed by atoms with Crippen LogP contribution >= 0.6 is 22.6 Å². The zero-order valence-electron chi connectivity index (χ0n) is 21.5. The van der Waals surface area contributed by atoms with Crippen LogP contribution in [-0.4, -0.2) is 28.6 Å². The van der Waals surface area contributed by atoms with E-state index in [1.165, 1.54) is 3.97 Å². The van der Waals surface area contributed by atoms with Gasteiger partial charge in [0.15, 0.2) is 0 Å². The van der Waals surface area contributed by atoms with Crippen LogP contribution in [0.4, 0.5) is 0 Å². The number of aryl methyl sites for hydroxylation is 3. The van der Waals surface area contributed by atoms with Crippen LogP contribution in [0.1, 0.15) is 55.6 Å². The minimum Gasteiger partial charge on any atom is -0.341 e. The summed E-state index contributed by atoms with van der Waals surface area (Å²) in [6.45, 7) is 5.94. The summed E-state index contributed by atoms with van der Waals surface area (Å²) in [5.74, 6) is 0.740. The van der Waals surface area contributed by atoms with Crippen LogP contribution < -0.4 is 5.43 Å². The van der Waals surface area contributed by atoms with Crippen LogP contribution in [0.15, 0.2) is 64.7 Å². The molecule has 10 heteroatoms. The number of imidazole rings is 1. The summed E-state index contributed by atoms with van der Waals surface area (Å²) >= 11 is 2.37. The molecule has 6 rings (SSSR count). The second-order valence-corrected chi connectivity index (χ2v) is 13.0. The average molecular weight is 649 g/mol. The Kier molecular flexibility index (Phi) is 6.23. The van der Waals surface area contributed by atoms with Crippen molar-refractivity contribution < 1.29 is 8.42 Å². The van der Waals surface area contributed by atoms with E-state index in [2.05, 4.69) is 51.1 Å². The van der Waals surface area contributed by atoms with E-state index in [9.17, 15) is 13.7 Å². The number of aromatic nitrogens is 3. The maximum absolute atomic E-state index is 14.0. The van der Waals surface area contributed by atoms with E-state index in [-0.39, 0.29) is 14.9 Å². The predicted octanol–water partition coefficient (Wildman–Crippen LogP) is 6.10. The molecule has 2 unspecified atom stereocenters. The lowest BCUT2D eigenvalue weighted by molar-refractivity contribution is 0.587. The van der Waals surface area contributed by atoms with Gasteiger partial charge in [-0.3, -0.25) is 0 Å². The van der Waals surface area contributed by atoms with Gasteiger partial charge in [-0.25, -0.2) is 17.4 Å². The molecule has 1 aliphatic heterocycles. The number of hydrogen-bond acceptors (Lipinski definition) is 6. The van der Waals surface area contributed by atoms with Crippen LogP contribution in [-0.2, 0) is 10.0 Å². The lowest BCUT2D eigenvalue weighted by Gasteiger charge is -2.18. The van der Waals surface area contributed by atoms with E-state index in [0.717, 1.165) is 50.1 Å². The summed E-state index contributed by atoms with van der Waals surface area (Å²) in [5.41, 5.74) is 10.7. The highest BCUT2D eigenvalue weighted by Crippen LogP contribution is 2.44. The van der Waals surface area contributed by atoms with Crippen molar-refractivity contribution >= 4 is 60.8 Å². The number of hydrogen-bond donors (Lipinski definition) is 2.